The first kappa shape index (κ1) is 18.6. The Morgan fingerprint density at radius 2 is 1.82 bits per heavy atom. The fraction of sp³-hybridized carbons (Fsp3) is 0.278. The molecule has 2 amide bonds. The van der Waals surface area contributed by atoms with Gasteiger partial charge in [0.25, 0.3) is 5.91 Å². The largest absolute Gasteiger partial charge is 0.357 e. The number of nitrogens with one attached hydrogen (secondary N) is 1. The number of likely N-dealkylation sites (tertiary alicyclic amines) is 1. The van der Waals surface area contributed by atoms with E-state index in [0.29, 0.717) is 32.9 Å². The highest BCUT2D eigenvalue weighted by Crippen LogP contribution is 2.27. The quantitative estimate of drug-likeness (QED) is 0.654. The molecule has 0 bridgehead atoms. The second-order valence-electron chi connectivity index (χ2n) is 6.77. The van der Waals surface area contributed by atoms with E-state index in [1.165, 1.54) is 9.42 Å². The Morgan fingerprint density at radius 1 is 1.11 bits per heavy atom. The molecule has 2 aromatic heterocycles. The Hall–Kier alpha value is -2.71. The van der Waals surface area contributed by atoms with Gasteiger partial charge in [0.1, 0.15) is 11.9 Å². The second-order valence-corrected chi connectivity index (χ2v) is 7.64. The van der Waals surface area contributed by atoms with E-state index >= 15 is 0 Å². The summed E-state index contributed by atoms with van der Waals surface area (Å²) >= 11 is 12.2. The third-order valence-electron chi connectivity index (χ3n) is 4.41. The highest BCUT2D eigenvalue weighted by molar-refractivity contribution is 6.35. The molecule has 1 fully saturated rings. The highest BCUT2D eigenvalue weighted by atomic mass is 35.5. The zero-order chi connectivity index (χ0) is 20.0. The van der Waals surface area contributed by atoms with Crippen molar-refractivity contribution in [3.8, 4) is 11.4 Å². The van der Waals surface area contributed by atoms with Crippen molar-refractivity contribution < 1.29 is 9.59 Å². The average molecular weight is 419 g/mol. The summed E-state index contributed by atoms with van der Waals surface area (Å²) in [7, 11) is 0. The van der Waals surface area contributed by atoms with Crippen LogP contribution in [0.5, 0.6) is 0 Å². The lowest BCUT2D eigenvalue weighted by molar-refractivity contribution is -0.140. The molecule has 0 aliphatic carbocycles. The SMILES string of the molecule is CC(C)N1C(=O)CC(Nc2ccc3nnc(-c4cc(Cl)cc(Cl)c4)n3n2)C1=O. The zero-order valence-electron chi connectivity index (χ0n) is 15.1. The molecule has 3 aromatic rings. The summed E-state index contributed by atoms with van der Waals surface area (Å²) in [6, 6.07) is 7.63. The van der Waals surface area contributed by atoms with Crippen LogP contribution in [0.4, 0.5) is 5.82 Å². The van der Waals surface area contributed by atoms with Crippen LogP contribution in [0.3, 0.4) is 0 Å². The first-order chi connectivity index (χ1) is 13.3. The van der Waals surface area contributed by atoms with Gasteiger partial charge in [-0.3, -0.25) is 14.5 Å². The molecule has 1 unspecified atom stereocenters. The minimum Gasteiger partial charge on any atom is -0.357 e. The number of hydrogen-bond donors (Lipinski definition) is 1. The molecular weight excluding hydrogens is 403 g/mol. The lowest BCUT2D eigenvalue weighted by atomic mass is 10.2. The van der Waals surface area contributed by atoms with Gasteiger partial charge in [-0.15, -0.1) is 15.3 Å². The molecule has 0 spiro atoms. The molecule has 144 valence electrons. The third kappa shape index (κ3) is 3.29. The van der Waals surface area contributed by atoms with E-state index < -0.39 is 6.04 Å². The van der Waals surface area contributed by atoms with E-state index in [1.807, 2.05) is 13.8 Å². The number of fused-ring (bicyclic) bond motifs is 1. The fourth-order valence-corrected chi connectivity index (χ4v) is 3.74. The van der Waals surface area contributed by atoms with Crippen molar-refractivity contribution in [2.45, 2.75) is 32.4 Å². The number of halogens is 2. The Kier molecular flexibility index (Phi) is 4.68. The number of carbonyl (C=O) groups is 2. The summed E-state index contributed by atoms with van der Waals surface area (Å²) in [6.07, 6.45) is 0.0929. The van der Waals surface area contributed by atoms with Gasteiger partial charge in [0.2, 0.25) is 5.91 Å². The molecule has 1 N–H and O–H groups in total. The molecule has 1 aromatic carbocycles. The van der Waals surface area contributed by atoms with Crippen LogP contribution in [-0.2, 0) is 9.59 Å². The molecule has 1 aliphatic heterocycles. The number of imide groups is 1. The van der Waals surface area contributed by atoms with Gasteiger partial charge < -0.3 is 5.32 Å². The monoisotopic (exact) mass is 418 g/mol. The maximum absolute atomic E-state index is 12.5. The lowest BCUT2D eigenvalue weighted by Crippen LogP contribution is -2.39. The summed E-state index contributed by atoms with van der Waals surface area (Å²) in [5.41, 5.74) is 1.18. The molecule has 3 heterocycles. The Labute approximate surface area is 170 Å². The fourth-order valence-electron chi connectivity index (χ4n) is 3.21. The van der Waals surface area contributed by atoms with E-state index in [-0.39, 0.29) is 24.3 Å². The van der Waals surface area contributed by atoms with Gasteiger partial charge in [0.05, 0.1) is 6.42 Å². The van der Waals surface area contributed by atoms with E-state index in [4.69, 9.17) is 23.2 Å². The van der Waals surface area contributed by atoms with Crippen molar-refractivity contribution in [3.63, 3.8) is 0 Å². The van der Waals surface area contributed by atoms with Crippen LogP contribution in [0.15, 0.2) is 30.3 Å². The molecule has 0 radical (unpaired) electrons. The van der Waals surface area contributed by atoms with Gasteiger partial charge in [-0.1, -0.05) is 23.2 Å². The molecule has 0 saturated carbocycles. The zero-order valence-corrected chi connectivity index (χ0v) is 16.6. The van der Waals surface area contributed by atoms with E-state index in [1.54, 1.807) is 30.3 Å². The van der Waals surface area contributed by atoms with Crippen LogP contribution < -0.4 is 5.32 Å². The van der Waals surface area contributed by atoms with Crippen molar-refractivity contribution in [1.29, 1.82) is 0 Å². The van der Waals surface area contributed by atoms with Crippen LogP contribution in [0.1, 0.15) is 20.3 Å². The number of amides is 2. The van der Waals surface area contributed by atoms with Crippen molar-refractivity contribution >= 4 is 46.5 Å². The predicted octanol–water partition coefficient (Wildman–Crippen LogP) is 3.05. The summed E-state index contributed by atoms with van der Waals surface area (Å²) < 4.78 is 1.53. The molecule has 1 aliphatic rings. The van der Waals surface area contributed by atoms with Crippen LogP contribution in [0, 0.1) is 0 Å². The number of hydrogen-bond acceptors (Lipinski definition) is 6. The van der Waals surface area contributed by atoms with Crippen molar-refractivity contribution in [3.05, 3.63) is 40.4 Å². The normalized spacial score (nSPS) is 17.2. The number of carbonyl (C=O) groups excluding carboxylic acids is 2. The van der Waals surface area contributed by atoms with Crippen LogP contribution in [-0.4, -0.2) is 48.6 Å². The number of rotatable bonds is 4. The maximum atomic E-state index is 12.5. The van der Waals surface area contributed by atoms with E-state index in [2.05, 4.69) is 20.6 Å². The average Bonchev–Trinajstić information content (AvgIpc) is 3.14. The molecule has 8 nitrogen and oxygen atoms in total. The Morgan fingerprint density at radius 3 is 2.46 bits per heavy atom. The topological polar surface area (TPSA) is 92.5 Å². The first-order valence-corrected chi connectivity index (χ1v) is 9.40. The lowest BCUT2D eigenvalue weighted by Gasteiger charge is -2.19. The van der Waals surface area contributed by atoms with E-state index in [0.717, 1.165) is 0 Å². The van der Waals surface area contributed by atoms with Gasteiger partial charge in [-0.05, 0) is 44.2 Å². The van der Waals surface area contributed by atoms with Gasteiger partial charge in [-0.25, -0.2) is 0 Å². The molecule has 1 atom stereocenters. The highest BCUT2D eigenvalue weighted by Gasteiger charge is 2.40. The summed E-state index contributed by atoms with van der Waals surface area (Å²) in [4.78, 5) is 25.9. The smallest absolute Gasteiger partial charge is 0.252 e. The van der Waals surface area contributed by atoms with Crippen molar-refractivity contribution in [2.75, 3.05) is 5.32 Å². The van der Waals surface area contributed by atoms with Gasteiger partial charge in [0.15, 0.2) is 11.5 Å². The van der Waals surface area contributed by atoms with E-state index in [9.17, 15) is 9.59 Å². The van der Waals surface area contributed by atoms with Crippen LogP contribution in [0.25, 0.3) is 17.0 Å². The Balaban J connectivity index is 1.67. The van der Waals surface area contributed by atoms with Gasteiger partial charge >= 0.3 is 0 Å². The number of benzene rings is 1. The number of aromatic nitrogens is 4. The summed E-state index contributed by atoms with van der Waals surface area (Å²) in [5.74, 6) is 0.434. The minimum absolute atomic E-state index is 0.0929. The maximum Gasteiger partial charge on any atom is 0.252 e. The predicted molar refractivity (Wildman–Crippen MR) is 105 cm³/mol. The van der Waals surface area contributed by atoms with Crippen LogP contribution in [0.2, 0.25) is 10.0 Å². The third-order valence-corrected chi connectivity index (χ3v) is 4.84. The second kappa shape index (κ2) is 7.03. The van der Waals surface area contributed by atoms with Gasteiger partial charge in [-0.2, -0.15) is 4.52 Å². The van der Waals surface area contributed by atoms with Crippen molar-refractivity contribution in [1.82, 2.24) is 24.7 Å². The first-order valence-electron chi connectivity index (χ1n) is 8.65. The molecular formula is C18H16Cl2N6O2. The summed E-state index contributed by atoms with van der Waals surface area (Å²) in [6.45, 7) is 3.62. The molecule has 10 heteroatoms. The number of nitrogens with zero attached hydrogens (tertiary/aromatic N) is 5. The molecule has 4 rings (SSSR count). The standard InChI is InChI=1S/C18H16Cl2N6O2/c1-9(2)25-16(27)8-13(18(25)28)21-14-3-4-15-22-23-17(26(15)24-14)10-5-11(19)7-12(20)6-10/h3-7,9,13H,8H2,1-2H3,(H,21,24). The minimum atomic E-state index is -0.652. The van der Waals surface area contributed by atoms with Crippen molar-refractivity contribution in [2.24, 2.45) is 0 Å². The van der Waals surface area contributed by atoms with Crippen LogP contribution >= 0.6 is 23.2 Å². The number of anilines is 1. The summed E-state index contributed by atoms with van der Waals surface area (Å²) in [5, 5.41) is 16.7. The van der Waals surface area contributed by atoms with Gasteiger partial charge in [0, 0.05) is 21.7 Å². The Bertz CT molecular complexity index is 1080. The molecule has 28 heavy (non-hydrogen) atoms. The molecule has 1 saturated heterocycles.